The maximum atomic E-state index is 11.8. The molecule has 0 aromatic heterocycles. The highest BCUT2D eigenvalue weighted by molar-refractivity contribution is 6.30. The highest BCUT2D eigenvalue weighted by Crippen LogP contribution is 2.67. The minimum atomic E-state index is -0.0245. The van der Waals surface area contributed by atoms with Crippen molar-refractivity contribution in [2.24, 2.45) is 16.7 Å². The molecule has 0 radical (unpaired) electrons. The lowest BCUT2D eigenvalue weighted by Gasteiger charge is -2.07. The molecule has 0 unspecified atom stereocenters. The zero-order chi connectivity index (χ0) is 15.0. The minimum Gasteiger partial charge on any atom is -0.325 e. The van der Waals surface area contributed by atoms with Gasteiger partial charge in [0.2, 0.25) is 5.91 Å². The van der Waals surface area contributed by atoms with Gasteiger partial charge < -0.3 is 10.6 Å². The molecule has 4 heteroatoms. The minimum absolute atomic E-state index is 0.0245. The number of benzene rings is 1. The third kappa shape index (κ3) is 2.99. The van der Waals surface area contributed by atoms with E-state index in [-0.39, 0.29) is 5.91 Å². The van der Waals surface area contributed by atoms with E-state index in [2.05, 4.69) is 38.3 Å². The van der Waals surface area contributed by atoms with Crippen molar-refractivity contribution in [3.05, 3.63) is 29.3 Å². The summed E-state index contributed by atoms with van der Waals surface area (Å²) in [6.07, 6.45) is 0. The monoisotopic (exact) mass is 294 g/mol. The van der Waals surface area contributed by atoms with Crippen molar-refractivity contribution < 1.29 is 4.79 Å². The van der Waals surface area contributed by atoms with Crippen molar-refractivity contribution in [3.8, 4) is 0 Å². The van der Waals surface area contributed by atoms with Gasteiger partial charge in [-0.15, -0.1) is 0 Å². The molecular weight excluding hydrogens is 272 g/mol. The Bertz CT molecular complexity index is 480. The second-order valence-electron chi connectivity index (χ2n) is 6.68. The van der Waals surface area contributed by atoms with Crippen LogP contribution in [-0.2, 0) is 4.79 Å². The fourth-order valence-corrected chi connectivity index (χ4v) is 3.04. The van der Waals surface area contributed by atoms with E-state index in [0.29, 0.717) is 28.3 Å². The molecule has 20 heavy (non-hydrogen) atoms. The average molecular weight is 295 g/mol. The molecule has 1 aromatic rings. The maximum Gasteiger partial charge on any atom is 0.238 e. The smallest absolute Gasteiger partial charge is 0.238 e. The first-order valence-corrected chi connectivity index (χ1v) is 7.39. The molecule has 1 aliphatic carbocycles. The van der Waals surface area contributed by atoms with Gasteiger partial charge in [-0.2, -0.15) is 0 Å². The molecular formula is C16H23ClN2O. The van der Waals surface area contributed by atoms with Crippen LogP contribution in [0.5, 0.6) is 0 Å². The normalized spacial score (nSPS) is 19.6. The van der Waals surface area contributed by atoms with Crippen LogP contribution in [0.4, 0.5) is 5.69 Å². The predicted octanol–water partition coefficient (Wildman–Crippen LogP) is 3.55. The molecule has 1 amide bonds. The number of hydrogen-bond acceptors (Lipinski definition) is 2. The largest absolute Gasteiger partial charge is 0.325 e. The lowest BCUT2D eigenvalue weighted by molar-refractivity contribution is -0.115. The van der Waals surface area contributed by atoms with Gasteiger partial charge in [0.1, 0.15) is 0 Å². The van der Waals surface area contributed by atoms with Crippen LogP contribution in [0.1, 0.15) is 27.7 Å². The SMILES string of the molecule is CC1(C)C(CNCC(=O)Nc2ccc(Cl)cc2)C1(C)C. The van der Waals surface area contributed by atoms with Gasteiger partial charge in [-0.1, -0.05) is 39.3 Å². The molecule has 0 atom stereocenters. The summed E-state index contributed by atoms with van der Waals surface area (Å²) in [6.45, 7) is 10.4. The standard InChI is InChI=1S/C16H23ClN2O/c1-15(2)13(16(15,3)4)9-18-10-14(20)19-12-7-5-11(17)6-8-12/h5-8,13,18H,9-10H2,1-4H3,(H,19,20). The lowest BCUT2D eigenvalue weighted by atomic mass is 10.0. The molecule has 0 spiro atoms. The Morgan fingerprint density at radius 2 is 1.70 bits per heavy atom. The van der Waals surface area contributed by atoms with Gasteiger partial charge in [-0.25, -0.2) is 0 Å². The number of amides is 1. The summed E-state index contributed by atoms with van der Waals surface area (Å²) < 4.78 is 0. The van der Waals surface area contributed by atoms with Crippen LogP contribution in [0.3, 0.4) is 0 Å². The van der Waals surface area contributed by atoms with E-state index in [4.69, 9.17) is 11.6 Å². The van der Waals surface area contributed by atoms with Gasteiger partial charge in [-0.3, -0.25) is 4.79 Å². The summed E-state index contributed by atoms with van der Waals surface area (Å²) in [6, 6.07) is 7.13. The van der Waals surface area contributed by atoms with Gasteiger partial charge >= 0.3 is 0 Å². The van der Waals surface area contributed by atoms with Crippen molar-refractivity contribution >= 4 is 23.2 Å². The van der Waals surface area contributed by atoms with Crippen LogP contribution in [0.15, 0.2) is 24.3 Å². The molecule has 0 bridgehead atoms. The summed E-state index contributed by atoms with van der Waals surface area (Å²) in [4.78, 5) is 11.8. The first-order valence-electron chi connectivity index (χ1n) is 7.01. The molecule has 0 saturated heterocycles. The van der Waals surface area contributed by atoms with E-state index >= 15 is 0 Å². The third-order valence-corrected chi connectivity index (χ3v) is 5.33. The molecule has 0 heterocycles. The predicted molar refractivity (Wildman–Crippen MR) is 84.0 cm³/mol. The lowest BCUT2D eigenvalue weighted by Crippen LogP contribution is -2.30. The Kier molecular flexibility index (Phi) is 4.12. The van der Waals surface area contributed by atoms with Crippen molar-refractivity contribution in [2.45, 2.75) is 27.7 Å². The van der Waals surface area contributed by atoms with Crippen molar-refractivity contribution in [3.63, 3.8) is 0 Å². The molecule has 3 nitrogen and oxygen atoms in total. The second-order valence-corrected chi connectivity index (χ2v) is 7.12. The Hall–Kier alpha value is -1.06. The maximum absolute atomic E-state index is 11.8. The van der Waals surface area contributed by atoms with E-state index in [0.717, 1.165) is 12.2 Å². The highest BCUT2D eigenvalue weighted by atomic mass is 35.5. The van der Waals surface area contributed by atoms with Gasteiger partial charge in [0.15, 0.2) is 0 Å². The Morgan fingerprint density at radius 1 is 1.15 bits per heavy atom. The first-order chi connectivity index (χ1) is 9.25. The zero-order valence-electron chi connectivity index (χ0n) is 12.6. The number of halogens is 1. The molecule has 1 fully saturated rings. The fraction of sp³-hybridized carbons (Fsp3) is 0.562. The summed E-state index contributed by atoms with van der Waals surface area (Å²) in [5, 5.41) is 6.76. The molecule has 1 saturated carbocycles. The first kappa shape index (κ1) is 15.3. The van der Waals surface area contributed by atoms with E-state index in [1.807, 2.05) is 0 Å². The van der Waals surface area contributed by atoms with Crippen LogP contribution >= 0.6 is 11.6 Å². The Labute approximate surface area is 126 Å². The number of nitrogens with one attached hydrogen (secondary N) is 2. The quantitative estimate of drug-likeness (QED) is 0.872. The molecule has 110 valence electrons. The van der Waals surface area contributed by atoms with Crippen LogP contribution in [0.25, 0.3) is 0 Å². The topological polar surface area (TPSA) is 41.1 Å². The van der Waals surface area contributed by atoms with E-state index < -0.39 is 0 Å². The van der Waals surface area contributed by atoms with Crippen LogP contribution < -0.4 is 10.6 Å². The number of carbonyl (C=O) groups is 1. The second kappa shape index (κ2) is 5.38. The molecule has 2 rings (SSSR count). The Morgan fingerprint density at radius 3 is 2.20 bits per heavy atom. The highest BCUT2D eigenvalue weighted by Gasteiger charge is 2.63. The van der Waals surface area contributed by atoms with E-state index in [1.54, 1.807) is 24.3 Å². The number of anilines is 1. The molecule has 1 aromatic carbocycles. The van der Waals surface area contributed by atoms with Gasteiger partial charge in [0.25, 0.3) is 0 Å². The number of rotatable bonds is 5. The van der Waals surface area contributed by atoms with E-state index in [9.17, 15) is 4.79 Å². The van der Waals surface area contributed by atoms with Crippen molar-refractivity contribution in [1.82, 2.24) is 5.32 Å². The van der Waals surface area contributed by atoms with Crippen molar-refractivity contribution in [2.75, 3.05) is 18.4 Å². The van der Waals surface area contributed by atoms with Crippen LogP contribution in [-0.4, -0.2) is 19.0 Å². The molecule has 1 aliphatic rings. The van der Waals surface area contributed by atoms with Crippen molar-refractivity contribution in [1.29, 1.82) is 0 Å². The Balaban J connectivity index is 1.73. The van der Waals surface area contributed by atoms with Crippen LogP contribution in [0.2, 0.25) is 5.02 Å². The molecule has 0 aliphatic heterocycles. The number of hydrogen-bond donors (Lipinski definition) is 2. The third-order valence-electron chi connectivity index (χ3n) is 5.08. The van der Waals surface area contributed by atoms with E-state index in [1.165, 1.54) is 0 Å². The summed E-state index contributed by atoms with van der Waals surface area (Å²) in [5.74, 6) is 0.599. The summed E-state index contributed by atoms with van der Waals surface area (Å²) in [7, 11) is 0. The summed E-state index contributed by atoms with van der Waals surface area (Å²) >= 11 is 5.80. The zero-order valence-corrected chi connectivity index (χ0v) is 13.3. The van der Waals surface area contributed by atoms with Gasteiger partial charge in [0, 0.05) is 10.7 Å². The summed E-state index contributed by atoms with van der Waals surface area (Å²) in [5.41, 5.74) is 1.48. The van der Waals surface area contributed by atoms with Crippen LogP contribution in [0, 0.1) is 16.7 Å². The van der Waals surface area contributed by atoms with Gasteiger partial charge in [-0.05, 0) is 47.6 Å². The van der Waals surface area contributed by atoms with Gasteiger partial charge in [0.05, 0.1) is 6.54 Å². The average Bonchev–Trinajstić information content (AvgIpc) is 2.74. The molecule has 2 N–H and O–H groups in total. The fourth-order valence-electron chi connectivity index (χ4n) is 2.91. The number of carbonyl (C=O) groups excluding carboxylic acids is 1.